The second kappa shape index (κ2) is 3.05. The van der Waals surface area contributed by atoms with Gasteiger partial charge in [-0.1, -0.05) is 11.6 Å². The number of halogens is 10. The van der Waals surface area contributed by atoms with Crippen molar-refractivity contribution in [1.82, 2.24) is 0 Å². The lowest BCUT2D eigenvalue weighted by Crippen LogP contribution is -2.58. The Bertz CT molecular complexity index is 312. The lowest BCUT2D eigenvalue weighted by atomic mass is 10.1. The molecule has 0 radical (unpaired) electrons. The third kappa shape index (κ3) is 1.47. The van der Waals surface area contributed by atoms with E-state index in [9.17, 15) is 35.1 Å². The van der Waals surface area contributed by atoms with Crippen LogP contribution in [0.15, 0.2) is 0 Å². The van der Waals surface area contributed by atoms with E-state index >= 15 is 0 Å². The molecule has 1 fully saturated rings. The maximum Gasteiger partial charge on any atom is 0.424 e. The Labute approximate surface area is 92.2 Å². The van der Waals surface area contributed by atoms with E-state index in [1.54, 1.807) is 0 Å². The minimum atomic E-state index is -6.06. The molecule has 0 aromatic carbocycles. The first kappa shape index (κ1) is 14.0. The first-order chi connectivity index (χ1) is 6.71. The van der Waals surface area contributed by atoms with E-state index in [1.165, 1.54) is 0 Å². The van der Waals surface area contributed by atoms with E-state index in [2.05, 4.69) is 27.9 Å². The van der Waals surface area contributed by atoms with Crippen molar-refractivity contribution in [3.05, 3.63) is 0 Å². The van der Waals surface area contributed by atoms with Gasteiger partial charge in [0.25, 0.3) is 0 Å². The van der Waals surface area contributed by atoms with Gasteiger partial charge in [0.05, 0.1) is 0 Å². The average Bonchev–Trinajstić information content (AvgIpc) is 2.50. The summed E-state index contributed by atoms with van der Waals surface area (Å²) in [5, 5.41) is -11.1. The monoisotopic (exact) mass is 298 g/mol. The molecule has 1 aliphatic heterocycles. The first-order valence-electron chi connectivity index (χ1n) is 3.30. The summed E-state index contributed by atoms with van der Waals surface area (Å²) in [6.45, 7) is 0. The quantitative estimate of drug-likeness (QED) is 0.440. The van der Waals surface area contributed by atoms with Gasteiger partial charge in [0.1, 0.15) is 0 Å². The van der Waals surface area contributed by atoms with Gasteiger partial charge in [0.2, 0.25) is 0 Å². The molecule has 0 aromatic rings. The van der Waals surface area contributed by atoms with Crippen molar-refractivity contribution in [3.8, 4) is 0 Å². The third-order valence-electron chi connectivity index (χ3n) is 1.76. The molecule has 0 N–H and O–H groups in total. The van der Waals surface area contributed by atoms with E-state index in [0.717, 1.165) is 0 Å². The molecule has 1 aliphatic rings. The number of rotatable bonds is 3. The van der Waals surface area contributed by atoms with Crippen LogP contribution in [0, 0.1) is 0 Å². The van der Waals surface area contributed by atoms with Gasteiger partial charge in [-0.25, -0.2) is 4.39 Å². The van der Waals surface area contributed by atoms with E-state index < -0.39 is 28.4 Å². The zero-order valence-corrected chi connectivity index (χ0v) is 8.20. The summed E-state index contributed by atoms with van der Waals surface area (Å²) in [7, 11) is 0. The molecule has 0 bridgehead atoms. The van der Waals surface area contributed by atoms with Crippen LogP contribution in [0.5, 0.6) is 0 Å². The molecule has 1 rings (SSSR count). The third-order valence-corrected chi connectivity index (χ3v) is 2.59. The van der Waals surface area contributed by atoms with Crippen LogP contribution in [-0.2, 0) is 4.74 Å². The summed E-state index contributed by atoms with van der Waals surface area (Å²) in [5.74, 6) is -11.3. The summed E-state index contributed by atoms with van der Waals surface area (Å²) >= 11 is 7.85. The lowest BCUT2D eigenvalue weighted by Gasteiger charge is -2.30. The highest BCUT2D eigenvalue weighted by atomic mass is 35.5. The van der Waals surface area contributed by atoms with Crippen LogP contribution in [0.2, 0.25) is 0 Å². The maximum absolute atomic E-state index is 12.7. The Morgan fingerprint density at radius 1 is 0.875 bits per heavy atom. The van der Waals surface area contributed by atoms with E-state index in [0.29, 0.717) is 0 Å². The molecule has 0 spiro atoms. The van der Waals surface area contributed by atoms with Crippen LogP contribution in [0.1, 0.15) is 0 Å². The molecule has 0 amide bonds. The van der Waals surface area contributed by atoms with Gasteiger partial charge < -0.3 is 0 Å². The molecule has 11 heteroatoms. The second-order valence-corrected chi connectivity index (χ2v) is 3.86. The first-order valence-corrected chi connectivity index (χ1v) is 4.05. The number of hydrogen-bond acceptors (Lipinski definition) is 1. The van der Waals surface area contributed by atoms with Crippen LogP contribution in [0.25, 0.3) is 0 Å². The van der Waals surface area contributed by atoms with Gasteiger partial charge in [0, 0.05) is 0 Å². The summed E-state index contributed by atoms with van der Waals surface area (Å²) < 4.78 is 102. The normalized spacial score (nSPS) is 33.4. The summed E-state index contributed by atoms with van der Waals surface area (Å²) in [6, 6.07) is 0. The Kier molecular flexibility index (Phi) is 2.68. The number of hydrogen-bond donors (Lipinski definition) is 0. The second-order valence-electron chi connectivity index (χ2n) is 2.86. The van der Waals surface area contributed by atoms with Crippen LogP contribution in [-0.4, -0.2) is 28.4 Å². The Morgan fingerprint density at radius 2 is 1.19 bits per heavy atom. The van der Waals surface area contributed by atoms with Crippen LogP contribution in [0.4, 0.5) is 35.1 Å². The molecule has 1 heterocycles. The van der Waals surface area contributed by atoms with Crippen LogP contribution >= 0.6 is 23.2 Å². The van der Waals surface area contributed by atoms with Crippen molar-refractivity contribution in [2.24, 2.45) is 0 Å². The molecule has 16 heavy (non-hydrogen) atoms. The zero-order chi connectivity index (χ0) is 13.2. The SMILES string of the molecule is FC(F)(Cl)C(F)(Cl)C(F)(F)C1(F)OC1(F)F. The topological polar surface area (TPSA) is 12.5 Å². The van der Waals surface area contributed by atoms with Crippen LogP contribution in [0.3, 0.4) is 0 Å². The van der Waals surface area contributed by atoms with Gasteiger partial charge in [-0.05, 0) is 11.6 Å². The van der Waals surface area contributed by atoms with Crippen molar-refractivity contribution >= 4 is 23.2 Å². The molecule has 0 saturated carbocycles. The zero-order valence-electron chi connectivity index (χ0n) is 6.69. The van der Waals surface area contributed by atoms with Gasteiger partial charge in [-0.3, -0.25) is 4.74 Å². The lowest BCUT2D eigenvalue weighted by molar-refractivity contribution is -0.238. The molecule has 2 unspecified atom stereocenters. The molecule has 1 nitrogen and oxygen atoms in total. The van der Waals surface area contributed by atoms with Crippen molar-refractivity contribution in [2.75, 3.05) is 0 Å². The van der Waals surface area contributed by atoms with Gasteiger partial charge in [-0.15, -0.1) is 0 Å². The standard InChI is InChI=1S/C5Cl2F8O/c6-1(8,4(7,12)13)2(9,10)3(11)5(14,15)16-3. The minimum Gasteiger partial charge on any atom is -0.265 e. The highest BCUT2D eigenvalue weighted by Gasteiger charge is 2.95. The fraction of sp³-hybridized carbons (Fsp3) is 1.00. The molecule has 96 valence electrons. The predicted octanol–water partition coefficient (Wildman–Crippen LogP) is 3.65. The molecule has 0 aliphatic carbocycles. The Hall–Kier alpha value is -0.0200. The van der Waals surface area contributed by atoms with Crippen molar-refractivity contribution in [1.29, 1.82) is 0 Å². The Balaban J connectivity index is 3.14. The summed E-state index contributed by atoms with van der Waals surface area (Å²) in [4.78, 5) is 0. The predicted molar refractivity (Wildman–Crippen MR) is 35.3 cm³/mol. The Morgan fingerprint density at radius 3 is 1.38 bits per heavy atom. The smallest absolute Gasteiger partial charge is 0.265 e. The fourth-order valence-corrected chi connectivity index (χ4v) is 1.02. The molecular weight excluding hydrogens is 299 g/mol. The van der Waals surface area contributed by atoms with Crippen molar-refractivity contribution in [3.63, 3.8) is 0 Å². The fourth-order valence-electron chi connectivity index (χ4n) is 0.778. The van der Waals surface area contributed by atoms with Gasteiger partial charge in [0.15, 0.2) is 0 Å². The molecule has 2 atom stereocenters. The minimum absolute atomic E-state index is 2.57. The molecular formula is C5Cl2F8O. The van der Waals surface area contributed by atoms with Crippen molar-refractivity contribution in [2.45, 2.75) is 28.4 Å². The highest BCUT2D eigenvalue weighted by molar-refractivity contribution is 6.33. The van der Waals surface area contributed by atoms with E-state index in [1.807, 2.05) is 0 Å². The number of epoxide rings is 1. The molecule has 0 aromatic heterocycles. The number of alkyl halides is 10. The number of ether oxygens (including phenoxy) is 1. The largest absolute Gasteiger partial charge is 0.424 e. The summed E-state index contributed by atoms with van der Waals surface area (Å²) in [6.07, 6.45) is -5.12. The molecule has 1 saturated heterocycles. The van der Waals surface area contributed by atoms with Crippen molar-refractivity contribution < 1.29 is 39.9 Å². The van der Waals surface area contributed by atoms with Gasteiger partial charge in [-0.2, -0.15) is 30.7 Å². The van der Waals surface area contributed by atoms with Crippen LogP contribution < -0.4 is 0 Å². The van der Waals surface area contributed by atoms with E-state index in [-0.39, 0.29) is 0 Å². The average molecular weight is 299 g/mol. The van der Waals surface area contributed by atoms with E-state index in [4.69, 9.17) is 0 Å². The maximum atomic E-state index is 12.7. The summed E-state index contributed by atoms with van der Waals surface area (Å²) in [5.41, 5.74) is 0. The highest BCUT2D eigenvalue weighted by Crippen LogP contribution is 2.66. The van der Waals surface area contributed by atoms with Gasteiger partial charge >= 0.3 is 28.4 Å².